The average Bonchev–Trinajstić information content (AvgIpc) is 2.75. The second kappa shape index (κ2) is 4.94. The predicted octanol–water partition coefficient (Wildman–Crippen LogP) is 1.52. The first-order valence-electron chi connectivity index (χ1n) is 5.50. The summed E-state index contributed by atoms with van der Waals surface area (Å²) < 4.78 is 5.17. The van der Waals surface area contributed by atoms with Gasteiger partial charge in [0.1, 0.15) is 5.75 Å². The number of carbonyl (C=O) groups is 1. The van der Waals surface area contributed by atoms with Crippen LogP contribution in [0, 0.1) is 0 Å². The summed E-state index contributed by atoms with van der Waals surface area (Å²) in [6.07, 6.45) is 0.849. The van der Waals surface area contributed by atoms with E-state index in [9.17, 15) is 4.79 Å². The number of amides is 1. The van der Waals surface area contributed by atoms with E-state index in [1.807, 2.05) is 0 Å². The van der Waals surface area contributed by atoms with Crippen molar-refractivity contribution >= 4 is 17.5 Å². The molecular formula is C12H15ClN2O2. The van der Waals surface area contributed by atoms with Crippen LogP contribution in [-0.4, -0.2) is 37.0 Å². The zero-order chi connectivity index (χ0) is 12.4. The molecule has 4 nitrogen and oxygen atoms in total. The van der Waals surface area contributed by atoms with E-state index in [4.69, 9.17) is 22.1 Å². The van der Waals surface area contributed by atoms with Gasteiger partial charge < -0.3 is 15.4 Å². The number of carbonyl (C=O) groups excluding carboxylic acids is 1. The molecule has 0 aromatic heterocycles. The third kappa shape index (κ3) is 2.53. The van der Waals surface area contributed by atoms with E-state index >= 15 is 0 Å². The average molecular weight is 255 g/mol. The van der Waals surface area contributed by atoms with Gasteiger partial charge in [-0.2, -0.15) is 0 Å². The van der Waals surface area contributed by atoms with E-state index in [0.29, 0.717) is 29.4 Å². The Hall–Kier alpha value is -1.26. The number of halogens is 1. The third-order valence-electron chi connectivity index (χ3n) is 2.91. The lowest BCUT2D eigenvalue weighted by Gasteiger charge is -2.17. The van der Waals surface area contributed by atoms with Gasteiger partial charge in [0.2, 0.25) is 0 Å². The van der Waals surface area contributed by atoms with E-state index in [0.717, 1.165) is 6.42 Å². The molecule has 0 bridgehead atoms. The molecule has 1 atom stereocenters. The van der Waals surface area contributed by atoms with Crippen molar-refractivity contribution in [2.45, 2.75) is 12.5 Å². The largest absolute Gasteiger partial charge is 0.496 e. The van der Waals surface area contributed by atoms with Crippen molar-refractivity contribution in [3.63, 3.8) is 0 Å². The molecule has 1 saturated heterocycles. The van der Waals surface area contributed by atoms with E-state index in [1.54, 1.807) is 23.1 Å². The van der Waals surface area contributed by atoms with Crippen LogP contribution in [0.4, 0.5) is 0 Å². The Bertz CT molecular complexity index is 437. The fourth-order valence-corrected chi connectivity index (χ4v) is 2.15. The highest BCUT2D eigenvalue weighted by atomic mass is 35.5. The first kappa shape index (κ1) is 12.2. The standard InChI is InChI=1S/C12H15ClN2O2/c1-17-11-6-8(13)2-3-10(11)12(16)15-5-4-9(14)7-15/h2-3,6,9H,4-5,7,14H2,1H3/t9-/m1/s1. The normalized spacial score (nSPS) is 19.5. The lowest BCUT2D eigenvalue weighted by molar-refractivity contribution is 0.0787. The van der Waals surface area contributed by atoms with Gasteiger partial charge in [-0.1, -0.05) is 11.6 Å². The summed E-state index contributed by atoms with van der Waals surface area (Å²) in [6.45, 7) is 1.30. The topological polar surface area (TPSA) is 55.6 Å². The molecule has 0 spiro atoms. The molecule has 92 valence electrons. The molecule has 5 heteroatoms. The minimum atomic E-state index is -0.0496. The summed E-state index contributed by atoms with van der Waals surface area (Å²) in [5, 5.41) is 0.552. The van der Waals surface area contributed by atoms with E-state index < -0.39 is 0 Å². The molecule has 1 aromatic carbocycles. The van der Waals surface area contributed by atoms with E-state index in [2.05, 4.69) is 0 Å². The molecule has 17 heavy (non-hydrogen) atoms. The molecule has 1 heterocycles. The van der Waals surface area contributed by atoms with Crippen molar-refractivity contribution in [1.82, 2.24) is 4.90 Å². The number of nitrogens with two attached hydrogens (primary N) is 1. The molecule has 0 saturated carbocycles. The van der Waals surface area contributed by atoms with Crippen LogP contribution in [0.1, 0.15) is 16.8 Å². The van der Waals surface area contributed by atoms with Crippen LogP contribution in [-0.2, 0) is 0 Å². The smallest absolute Gasteiger partial charge is 0.257 e. The second-order valence-electron chi connectivity index (χ2n) is 4.14. The highest BCUT2D eigenvalue weighted by Crippen LogP contribution is 2.25. The lowest BCUT2D eigenvalue weighted by Crippen LogP contribution is -2.32. The van der Waals surface area contributed by atoms with Crippen molar-refractivity contribution < 1.29 is 9.53 Å². The van der Waals surface area contributed by atoms with Gasteiger partial charge in [-0.05, 0) is 24.6 Å². The van der Waals surface area contributed by atoms with Gasteiger partial charge in [0.25, 0.3) is 5.91 Å². The van der Waals surface area contributed by atoms with Gasteiger partial charge in [-0.15, -0.1) is 0 Å². The van der Waals surface area contributed by atoms with Crippen LogP contribution in [0.25, 0.3) is 0 Å². The summed E-state index contributed by atoms with van der Waals surface area (Å²) in [4.78, 5) is 14.0. The molecule has 1 aliphatic heterocycles. The first-order valence-corrected chi connectivity index (χ1v) is 5.88. The molecule has 2 N–H and O–H groups in total. The molecule has 0 unspecified atom stereocenters. The SMILES string of the molecule is COc1cc(Cl)ccc1C(=O)N1CC[C@@H](N)C1. The van der Waals surface area contributed by atoms with Crippen LogP contribution in [0.15, 0.2) is 18.2 Å². The number of hydrogen-bond donors (Lipinski definition) is 1. The molecule has 1 aromatic rings. The highest BCUT2D eigenvalue weighted by Gasteiger charge is 2.26. The van der Waals surface area contributed by atoms with Gasteiger partial charge >= 0.3 is 0 Å². The highest BCUT2D eigenvalue weighted by molar-refractivity contribution is 6.30. The molecule has 1 amide bonds. The Kier molecular flexibility index (Phi) is 3.54. The maximum Gasteiger partial charge on any atom is 0.257 e. The van der Waals surface area contributed by atoms with Gasteiger partial charge in [-0.25, -0.2) is 0 Å². The predicted molar refractivity (Wildman–Crippen MR) is 66.5 cm³/mol. The van der Waals surface area contributed by atoms with Crippen LogP contribution in [0.5, 0.6) is 5.75 Å². The lowest BCUT2D eigenvalue weighted by atomic mass is 10.1. The van der Waals surface area contributed by atoms with Crippen molar-refractivity contribution in [3.05, 3.63) is 28.8 Å². The molecule has 2 rings (SSSR count). The Morgan fingerprint density at radius 2 is 2.35 bits per heavy atom. The molecule has 0 radical (unpaired) electrons. The summed E-state index contributed by atoms with van der Waals surface area (Å²) in [6, 6.07) is 5.10. The summed E-state index contributed by atoms with van der Waals surface area (Å²) in [5.41, 5.74) is 6.32. The zero-order valence-electron chi connectivity index (χ0n) is 9.65. The van der Waals surface area contributed by atoms with Crippen molar-refractivity contribution in [2.24, 2.45) is 5.73 Å². The Labute approximate surface area is 105 Å². The first-order chi connectivity index (χ1) is 8.11. The molecular weight excluding hydrogens is 240 g/mol. The van der Waals surface area contributed by atoms with Gasteiger partial charge in [0.15, 0.2) is 0 Å². The fourth-order valence-electron chi connectivity index (χ4n) is 1.98. The third-order valence-corrected chi connectivity index (χ3v) is 3.14. The number of nitrogens with zero attached hydrogens (tertiary/aromatic N) is 1. The zero-order valence-corrected chi connectivity index (χ0v) is 10.4. The summed E-state index contributed by atoms with van der Waals surface area (Å²) in [5.74, 6) is 0.453. The molecule has 0 aliphatic carbocycles. The quantitative estimate of drug-likeness (QED) is 0.871. The maximum atomic E-state index is 12.2. The Balaban J connectivity index is 2.24. The van der Waals surface area contributed by atoms with Crippen molar-refractivity contribution in [1.29, 1.82) is 0 Å². The van der Waals surface area contributed by atoms with Crippen LogP contribution in [0.2, 0.25) is 5.02 Å². The maximum absolute atomic E-state index is 12.2. The number of hydrogen-bond acceptors (Lipinski definition) is 3. The van der Waals surface area contributed by atoms with Crippen LogP contribution < -0.4 is 10.5 Å². The molecule has 1 aliphatic rings. The minimum absolute atomic E-state index is 0.0496. The van der Waals surface area contributed by atoms with Gasteiger partial charge in [-0.3, -0.25) is 4.79 Å². The summed E-state index contributed by atoms with van der Waals surface area (Å²) >= 11 is 5.86. The number of benzene rings is 1. The van der Waals surface area contributed by atoms with Crippen molar-refractivity contribution in [3.8, 4) is 5.75 Å². The second-order valence-corrected chi connectivity index (χ2v) is 4.58. The summed E-state index contributed by atoms with van der Waals surface area (Å²) in [7, 11) is 1.53. The van der Waals surface area contributed by atoms with Gasteiger partial charge in [0.05, 0.1) is 12.7 Å². The van der Waals surface area contributed by atoms with Crippen LogP contribution in [0.3, 0.4) is 0 Å². The van der Waals surface area contributed by atoms with E-state index in [1.165, 1.54) is 7.11 Å². The fraction of sp³-hybridized carbons (Fsp3) is 0.417. The number of rotatable bonds is 2. The Morgan fingerprint density at radius 3 is 2.94 bits per heavy atom. The number of ether oxygens (including phenoxy) is 1. The van der Waals surface area contributed by atoms with Crippen LogP contribution >= 0.6 is 11.6 Å². The Morgan fingerprint density at radius 1 is 1.59 bits per heavy atom. The molecule has 1 fully saturated rings. The van der Waals surface area contributed by atoms with Crippen molar-refractivity contribution in [2.75, 3.05) is 20.2 Å². The van der Waals surface area contributed by atoms with E-state index in [-0.39, 0.29) is 11.9 Å². The van der Waals surface area contributed by atoms with Gasteiger partial charge in [0, 0.05) is 24.2 Å². The minimum Gasteiger partial charge on any atom is -0.496 e. The number of likely N-dealkylation sites (tertiary alicyclic amines) is 1. The monoisotopic (exact) mass is 254 g/mol. The number of methoxy groups -OCH3 is 1.